The molecule has 2 saturated heterocycles. The fourth-order valence-corrected chi connectivity index (χ4v) is 1.77. The van der Waals surface area contributed by atoms with Crippen molar-refractivity contribution in [1.82, 2.24) is 0 Å². The van der Waals surface area contributed by atoms with Crippen molar-refractivity contribution in [3.63, 3.8) is 0 Å². The van der Waals surface area contributed by atoms with E-state index in [0.717, 1.165) is 0 Å². The predicted molar refractivity (Wildman–Crippen MR) is 45.3 cm³/mol. The number of ether oxygens (including phenoxy) is 4. The van der Waals surface area contributed by atoms with E-state index in [9.17, 15) is 4.79 Å². The first kappa shape index (κ1) is 9.89. The molecular weight excluding hydrogens is 188 g/mol. The maximum atomic E-state index is 10.8. The summed E-state index contributed by atoms with van der Waals surface area (Å²) >= 11 is 0. The molecule has 0 aliphatic carbocycles. The molecular formula is C9H14O5. The number of rotatable bonds is 1. The molecule has 0 radical (unpaired) electrons. The van der Waals surface area contributed by atoms with Crippen LogP contribution in [0.15, 0.2) is 0 Å². The second-order valence-corrected chi connectivity index (χ2v) is 3.95. The zero-order valence-corrected chi connectivity index (χ0v) is 8.48. The summed E-state index contributed by atoms with van der Waals surface area (Å²) in [7, 11) is 0. The number of hydrogen-bond donors (Lipinski definition) is 0. The van der Waals surface area contributed by atoms with Crippen LogP contribution in [0, 0.1) is 0 Å². The van der Waals surface area contributed by atoms with Crippen LogP contribution in [-0.2, 0) is 23.7 Å². The average molecular weight is 202 g/mol. The molecule has 2 aliphatic heterocycles. The fraction of sp³-hybridized carbons (Fsp3) is 0.889. The van der Waals surface area contributed by atoms with Gasteiger partial charge in [0.25, 0.3) is 0 Å². The Labute approximate surface area is 82.3 Å². The van der Waals surface area contributed by atoms with Crippen molar-refractivity contribution in [2.24, 2.45) is 0 Å². The summed E-state index contributed by atoms with van der Waals surface area (Å²) < 4.78 is 21.3. The molecule has 0 aromatic heterocycles. The molecule has 0 amide bonds. The minimum absolute atomic E-state index is 0.130. The average Bonchev–Trinajstić information content (AvgIpc) is 2.47. The molecule has 0 bridgehead atoms. The van der Waals surface area contributed by atoms with Crippen molar-refractivity contribution in [1.29, 1.82) is 0 Å². The third kappa shape index (κ3) is 1.75. The van der Waals surface area contributed by atoms with Gasteiger partial charge in [-0.2, -0.15) is 0 Å². The normalized spacial score (nSPS) is 39.5. The van der Waals surface area contributed by atoms with Crippen LogP contribution in [0.3, 0.4) is 0 Å². The molecule has 5 nitrogen and oxygen atoms in total. The van der Waals surface area contributed by atoms with Gasteiger partial charge in [0.1, 0.15) is 6.10 Å². The molecule has 0 N–H and O–H groups in total. The number of carbonyl (C=O) groups excluding carboxylic acids is 1. The van der Waals surface area contributed by atoms with Gasteiger partial charge in [0, 0.05) is 6.92 Å². The van der Waals surface area contributed by atoms with E-state index < -0.39 is 12.1 Å². The first-order chi connectivity index (χ1) is 6.48. The van der Waals surface area contributed by atoms with Gasteiger partial charge in [-0.3, -0.25) is 4.79 Å². The van der Waals surface area contributed by atoms with Crippen molar-refractivity contribution < 1.29 is 23.7 Å². The van der Waals surface area contributed by atoms with Crippen LogP contribution in [-0.4, -0.2) is 36.9 Å². The van der Waals surface area contributed by atoms with Crippen molar-refractivity contribution in [3.05, 3.63) is 0 Å². The summed E-state index contributed by atoms with van der Waals surface area (Å²) in [4.78, 5) is 10.8. The smallest absolute Gasteiger partial charge is 0.305 e. The molecule has 3 atom stereocenters. The Hall–Kier alpha value is -0.650. The first-order valence-corrected chi connectivity index (χ1v) is 4.62. The predicted octanol–water partition coefficient (Wildman–Crippen LogP) is 0.426. The lowest BCUT2D eigenvalue weighted by Gasteiger charge is -2.21. The van der Waals surface area contributed by atoms with Gasteiger partial charge in [-0.25, -0.2) is 0 Å². The summed E-state index contributed by atoms with van der Waals surface area (Å²) in [5, 5.41) is 0. The quantitative estimate of drug-likeness (QED) is 0.577. The lowest BCUT2D eigenvalue weighted by molar-refractivity contribution is -0.218. The Balaban J connectivity index is 2.01. The van der Waals surface area contributed by atoms with Crippen LogP contribution >= 0.6 is 0 Å². The molecule has 5 heteroatoms. The van der Waals surface area contributed by atoms with Crippen molar-refractivity contribution in [2.75, 3.05) is 6.61 Å². The zero-order valence-electron chi connectivity index (χ0n) is 8.48. The van der Waals surface area contributed by atoms with Gasteiger partial charge in [0.05, 0.1) is 6.61 Å². The van der Waals surface area contributed by atoms with Gasteiger partial charge in [0.2, 0.25) is 6.29 Å². The lowest BCUT2D eigenvalue weighted by atomic mass is 10.2. The highest BCUT2D eigenvalue weighted by atomic mass is 16.8. The van der Waals surface area contributed by atoms with E-state index in [1.54, 1.807) is 0 Å². The SMILES string of the molecule is CC(=O)OC1OCC2OC(C)(C)OC21. The topological polar surface area (TPSA) is 54.0 Å². The second-order valence-electron chi connectivity index (χ2n) is 3.95. The minimum atomic E-state index is -0.626. The summed E-state index contributed by atoms with van der Waals surface area (Å²) in [5.41, 5.74) is 0. The summed E-state index contributed by atoms with van der Waals surface area (Å²) in [6.07, 6.45) is -1.05. The Morgan fingerprint density at radius 3 is 2.79 bits per heavy atom. The highest BCUT2D eigenvalue weighted by Crippen LogP contribution is 2.35. The Kier molecular flexibility index (Phi) is 2.25. The summed E-state index contributed by atoms with van der Waals surface area (Å²) in [5.74, 6) is -0.985. The molecule has 14 heavy (non-hydrogen) atoms. The molecule has 2 fully saturated rings. The molecule has 0 aromatic carbocycles. The molecule has 0 saturated carbocycles. The van der Waals surface area contributed by atoms with Gasteiger partial charge in [-0.05, 0) is 13.8 Å². The van der Waals surface area contributed by atoms with Crippen molar-refractivity contribution >= 4 is 5.97 Å². The Morgan fingerprint density at radius 1 is 1.43 bits per heavy atom. The molecule has 80 valence electrons. The third-order valence-electron chi connectivity index (χ3n) is 2.20. The van der Waals surface area contributed by atoms with Crippen molar-refractivity contribution in [2.45, 2.75) is 45.1 Å². The van der Waals surface area contributed by atoms with Crippen LogP contribution < -0.4 is 0 Å². The lowest BCUT2D eigenvalue weighted by Crippen LogP contribution is -2.32. The largest absolute Gasteiger partial charge is 0.433 e. The summed E-state index contributed by atoms with van der Waals surface area (Å²) in [6, 6.07) is 0. The minimum Gasteiger partial charge on any atom is -0.433 e. The van der Waals surface area contributed by atoms with Gasteiger partial charge < -0.3 is 18.9 Å². The maximum absolute atomic E-state index is 10.8. The van der Waals surface area contributed by atoms with E-state index in [-0.39, 0.29) is 18.2 Å². The molecule has 2 rings (SSSR count). The van der Waals surface area contributed by atoms with E-state index in [1.807, 2.05) is 13.8 Å². The standard InChI is InChI=1S/C9H14O5/c1-5(10)12-8-7-6(4-11-8)13-9(2,3)14-7/h6-8H,4H2,1-3H3. The molecule has 2 aliphatic rings. The Morgan fingerprint density at radius 2 is 2.14 bits per heavy atom. The Bertz CT molecular complexity index is 250. The number of hydrogen-bond acceptors (Lipinski definition) is 5. The highest BCUT2D eigenvalue weighted by Gasteiger charge is 2.51. The third-order valence-corrected chi connectivity index (χ3v) is 2.20. The van der Waals surface area contributed by atoms with Crippen LogP contribution in [0.5, 0.6) is 0 Å². The number of carbonyl (C=O) groups is 1. The van der Waals surface area contributed by atoms with Crippen LogP contribution in [0.4, 0.5) is 0 Å². The number of esters is 1. The van der Waals surface area contributed by atoms with Crippen LogP contribution in [0.1, 0.15) is 20.8 Å². The molecule has 0 spiro atoms. The monoisotopic (exact) mass is 202 g/mol. The second kappa shape index (κ2) is 3.18. The molecule has 0 aromatic rings. The van der Waals surface area contributed by atoms with Gasteiger partial charge >= 0.3 is 5.97 Å². The van der Waals surface area contributed by atoms with E-state index in [0.29, 0.717) is 6.61 Å². The first-order valence-electron chi connectivity index (χ1n) is 4.62. The van der Waals surface area contributed by atoms with E-state index in [2.05, 4.69) is 0 Å². The number of fused-ring (bicyclic) bond motifs is 1. The molecule has 3 unspecified atom stereocenters. The van der Waals surface area contributed by atoms with E-state index >= 15 is 0 Å². The fourth-order valence-electron chi connectivity index (χ4n) is 1.77. The maximum Gasteiger partial charge on any atom is 0.305 e. The zero-order chi connectivity index (χ0) is 10.3. The van der Waals surface area contributed by atoms with E-state index in [4.69, 9.17) is 18.9 Å². The highest BCUT2D eigenvalue weighted by molar-refractivity contribution is 5.66. The molecule has 2 heterocycles. The van der Waals surface area contributed by atoms with Gasteiger partial charge in [0.15, 0.2) is 11.9 Å². The van der Waals surface area contributed by atoms with E-state index in [1.165, 1.54) is 6.92 Å². The van der Waals surface area contributed by atoms with Gasteiger partial charge in [-0.1, -0.05) is 0 Å². The van der Waals surface area contributed by atoms with Gasteiger partial charge in [-0.15, -0.1) is 0 Å². The van der Waals surface area contributed by atoms with Crippen molar-refractivity contribution in [3.8, 4) is 0 Å². The van der Waals surface area contributed by atoms with Crippen LogP contribution in [0.2, 0.25) is 0 Å². The summed E-state index contributed by atoms with van der Waals surface area (Å²) in [6.45, 7) is 5.41. The van der Waals surface area contributed by atoms with Crippen LogP contribution in [0.25, 0.3) is 0 Å².